The molecule has 2 unspecified atom stereocenters. The lowest BCUT2D eigenvalue weighted by atomic mass is 9.74. The number of hydrogen-bond acceptors (Lipinski definition) is 2. The van der Waals surface area contributed by atoms with E-state index in [1.165, 1.54) is 29.5 Å². The standard InChI is InChI=1S/C16H20O2/c1-10-3-11(2)5-13(4-10)16-9-12-6-14(17-16)8-15(7-12)18-16/h3-5,12,14-15H,6-9H2,1-2H3. The van der Waals surface area contributed by atoms with Crippen LogP contribution in [0.2, 0.25) is 0 Å². The molecule has 1 aromatic rings. The monoisotopic (exact) mass is 244 g/mol. The summed E-state index contributed by atoms with van der Waals surface area (Å²) in [5.41, 5.74) is 3.83. The lowest BCUT2D eigenvalue weighted by Gasteiger charge is -2.56. The Bertz CT molecular complexity index is 436. The van der Waals surface area contributed by atoms with Crippen LogP contribution in [0.1, 0.15) is 42.4 Å². The van der Waals surface area contributed by atoms with Crippen molar-refractivity contribution in [2.75, 3.05) is 0 Å². The van der Waals surface area contributed by atoms with Crippen LogP contribution in [0.25, 0.3) is 0 Å². The molecule has 2 heteroatoms. The van der Waals surface area contributed by atoms with Crippen LogP contribution in [0.4, 0.5) is 0 Å². The average Bonchev–Trinajstić information content (AvgIpc) is 2.25. The van der Waals surface area contributed by atoms with Gasteiger partial charge in [-0.15, -0.1) is 0 Å². The lowest BCUT2D eigenvalue weighted by molar-refractivity contribution is -0.380. The normalized spacial score (nSPS) is 41.3. The summed E-state index contributed by atoms with van der Waals surface area (Å²) in [5, 5.41) is 0. The van der Waals surface area contributed by atoms with Crippen molar-refractivity contribution in [2.24, 2.45) is 5.92 Å². The molecule has 4 bridgehead atoms. The minimum absolute atomic E-state index is 0.425. The molecule has 4 fully saturated rings. The molecule has 2 nitrogen and oxygen atoms in total. The SMILES string of the molecule is Cc1cc(C)cc(C23CC4CC(CC(C4)O2)O3)c1. The molecule has 3 saturated heterocycles. The predicted molar refractivity (Wildman–Crippen MR) is 69.3 cm³/mol. The van der Waals surface area contributed by atoms with Crippen LogP contribution in [-0.4, -0.2) is 12.2 Å². The zero-order valence-corrected chi connectivity index (χ0v) is 11.1. The Labute approximate surface area is 108 Å². The van der Waals surface area contributed by atoms with Gasteiger partial charge in [0.25, 0.3) is 0 Å². The maximum Gasteiger partial charge on any atom is 0.195 e. The zero-order chi connectivity index (χ0) is 12.3. The highest BCUT2D eigenvalue weighted by molar-refractivity contribution is 5.32. The fourth-order valence-corrected chi connectivity index (χ4v) is 4.18. The van der Waals surface area contributed by atoms with Crippen LogP contribution in [0.3, 0.4) is 0 Å². The molecule has 3 heterocycles. The van der Waals surface area contributed by atoms with Crippen molar-refractivity contribution in [1.82, 2.24) is 0 Å². The van der Waals surface area contributed by atoms with Gasteiger partial charge in [-0.1, -0.05) is 29.3 Å². The van der Waals surface area contributed by atoms with Gasteiger partial charge < -0.3 is 9.47 Å². The lowest BCUT2D eigenvalue weighted by Crippen LogP contribution is -2.56. The maximum absolute atomic E-state index is 6.28. The first-order valence-corrected chi connectivity index (χ1v) is 7.07. The van der Waals surface area contributed by atoms with E-state index in [1.807, 2.05) is 0 Å². The molecule has 2 atom stereocenters. The molecule has 0 spiro atoms. The fourth-order valence-electron chi connectivity index (χ4n) is 4.18. The van der Waals surface area contributed by atoms with E-state index < -0.39 is 5.79 Å². The molecule has 4 aliphatic rings. The minimum atomic E-state index is -0.425. The first kappa shape index (κ1) is 11.0. The van der Waals surface area contributed by atoms with Gasteiger partial charge in [0.15, 0.2) is 5.79 Å². The molecular weight excluding hydrogens is 224 g/mol. The first-order chi connectivity index (χ1) is 8.63. The molecule has 5 rings (SSSR count). The summed E-state index contributed by atoms with van der Waals surface area (Å²) in [6.45, 7) is 4.30. The van der Waals surface area contributed by atoms with Crippen molar-refractivity contribution in [3.63, 3.8) is 0 Å². The maximum atomic E-state index is 6.28. The van der Waals surface area contributed by atoms with Crippen LogP contribution in [0.15, 0.2) is 18.2 Å². The van der Waals surface area contributed by atoms with Gasteiger partial charge in [-0.3, -0.25) is 0 Å². The third-order valence-electron chi connectivity index (χ3n) is 4.65. The van der Waals surface area contributed by atoms with Crippen molar-refractivity contribution in [3.05, 3.63) is 34.9 Å². The summed E-state index contributed by atoms with van der Waals surface area (Å²) < 4.78 is 12.6. The molecule has 1 saturated carbocycles. The number of benzene rings is 1. The zero-order valence-electron chi connectivity index (χ0n) is 11.1. The highest BCUT2D eigenvalue weighted by atomic mass is 16.7. The van der Waals surface area contributed by atoms with E-state index in [9.17, 15) is 0 Å². The van der Waals surface area contributed by atoms with Gasteiger partial charge in [0.05, 0.1) is 12.2 Å². The molecule has 0 amide bonds. The number of hydrogen-bond donors (Lipinski definition) is 0. The molecule has 0 radical (unpaired) electrons. The van der Waals surface area contributed by atoms with Crippen LogP contribution < -0.4 is 0 Å². The van der Waals surface area contributed by atoms with Gasteiger partial charge >= 0.3 is 0 Å². The van der Waals surface area contributed by atoms with Crippen molar-refractivity contribution in [3.8, 4) is 0 Å². The van der Waals surface area contributed by atoms with E-state index in [1.54, 1.807) is 0 Å². The second-order valence-electron chi connectivity index (χ2n) is 6.39. The Balaban J connectivity index is 1.79. The van der Waals surface area contributed by atoms with E-state index in [4.69, 9.17) is 9.47 Å². The van der Waals surface area contributed by atoms with Crippen molar-refractivity contribution >= 4 is 0 Å². The van der Waals surface area contributed by atoms with E-state index in [0.717, 1.165) is 18.8 Å². The molecular formula is C16H20O2. The summed E-state index contributed by atoms with van der Waals surface area (Å²) in [6.07, 6.45) is 5.49. The third-order valence-corrected chi connectivity index (χ3v) is 4.65. The number of ether oxygens (including phenoxy) is 2. The van der Waals surface area contributed by atoms with Gasteiger partial charge in [-0.05, 0) is 32.6 Å². The molecule has 0 aromatic heterocycles. The Kier molecular flexibility index (Phi) is 2.19. The fraction of sp³-hybridized carbons (Fsp3) is 0.625. The second kappa shape index (κ2) is 3.58. The summed E-state index contributed by atoms with van der Waals surface area (Å²) in [5.74, 6) is 0.378. The van der Waals surface area contributed by atoms with Gasteiger partial charge in [-0.25, -0.2) is 0 Å². The summed E-state index contributed by atoms with van der Waals surface area (Å²) in [7, 11) is 0. The van der Waals surface area contributed by atoms with Gasteiger partial charge in [0.1, 0.15) is 0 Å². The first-order valence-electron chi connectivity index (χ1n) is 7.07. The Morgan fingerprint density at radius 1 is 0.944 bits per heavy atom. The molecule has 0 N–H and O–H groups in total. The van der Waals surface area contributed by atoms with Crippen LogP contribution in [0.5, 0.6) is 0 Å². The molecule has 3 aliphatic heterocycles. The number of rotatable bonds is 1. The van der Waals surface area contributed by atoms with Crippen LogP contribution in [-0.2, 0) is 15.3 Å². The molecule has 1 aliphatic carbocycles. The predicted octanol–water partition coefficient (Wildman–Crippen LogP) is 3.44. The van der Waals surface area contributed by atoms with Crippen LogP contribution in [0, 0.1) is 19.8 Å². The second-order valence-corrected chi connectivity index (χ2v) is 6.39. The largest absolute Gasteiger partial charge is 0.342 e. The van der Waals surface area contributed by atoms with Crippen molar-refractivity contribution in [2.45, 2.75) is 57.5 Å². The Morgan fingerprint density at radius 3 is 2.11 bits per heavy atom. The topological polar surface area (TPSA) is 18.5 Å². The smallest absolute Gasteiger partial charge is 0.195 e. The number of aryl methyl sites for hydroxylation is 2. The van der Waals surface area contributed by atoms with E-state index in [-0.39, 0.29) is 0 Å². The Morgan fingerprint density at radius 2 is 1.56 bits per heavy atom. The van der Waals surface area contributed by atoms with Gasteiger partial charge in [0.2, 0.25) is 0 Å². The summed E-state index contributed by atoms with van der Waals surface area (Å²) in [4.78, 5) is 0. The molecule has 18 heavy (non-hydrogen) atoms. The summed E-state index contributed by atoms with van der Waals surface area (Å²) in [6, 6.07) is 6.68. The highest BCUT2D eigenvalue weighted by Crippen LogP contribution is 2.53. The third kappa shape index (κ3) is 1.55. The van der Waals surface area contributed by atoms with Crippen LogP contribution >= 0.6 is 0 Å². The van der Waals surface area contributed by atoms with E-state index in [0.29, 0.717) is 12.2 Å². The minimum Gasteiger partial charge on any atom is -0.342 e. The Hall–Kier alpha value is -0.860. The molecule has 1 aromatic carbocycles. The molecule has 96 valence electrons. The average molecular weight is 244 g/mol. The van der Waals surface area contributed by atoms with E-state index >= 15 is 0 Å². The van der Waals surface area contributed by atoms with Crippen molar-refractivity contribution in [1.29, 1.82) is 0 Å². The summed E-state index contributed by atoms with van der Waals surface area (Å²) >= 11 is 0. The van der Waals surface area contributed by atoms with Gasteiger partial charge in [-0.2, -0.15) is 0 Å². The van der Waals surface area contributed by atoms with Gasteiger partial charge in [0, 0.05) is 18.4 Å². The highest BCUT2D eigenvalue weighted by Gasteiger charge is 2.54. The quantitative estimate of drug-likeness (QED) is 0.753. The van der Waals surface area contributed by atoms with Crippen molar-refractivity contribution < 1.29 is 9.47 Å². The van der Waals surface area contributed by atoms with E-state index in [2.05, 4.69) is 32.0 Å².